The maximum absolute atomic E-state index is 14.2. The van der Waals surface area contributed by atoms with Crippen LogP contribution in [-0.2, 0) is 46.9 Å². The van der Waals surface area contributed by atoms with Crippen molar-refractivity contribution in [2.75, 3.05) is 19.0 Å². The number of nitrogens with zero attached hydrogens (tertiary/aromatic N) is 2. The van der Waals surface area contributed by atoms with Gasteiger partial charge in [-0.05, 0) is 41.5 Å². The van der Waals surface area contributed by atoms with Crippen LogP contribution in [0.2, 0.25) is 0 Å². The van der Waals surface area contributed by atoms with Crippen LogP contribution in [-0.4, -0.2) is 45.9 Å². The Kier molecular flexibility index (Phi) is 4.79. The highest BCUT2D eigenvalue weighted by atomic mass is 32.2. The van der Waals surface area contributed by atoms with E-state index < -0.39 is 22.0 Å². The van der Waals surface area contributed by atoms with Gasteiger partial charge in [0.25, 0.3) is 5.91 Å². The van der Waals surface area contributed by atoms with E-state index in [-0.39, 0.29) is 42.1 Å². The lowest BCUT2D eigenvalue weighted by atomic mass is 9.98. The largest absolute Gasteiger partial charge is 0.474 e. The Balaban J connectivity index is 1.57. The quantitative estimate of drug-likeness (QED) is 0.654. The van der Waals surface area contributed by atoms with Gasteiger partial charge in [0, 0.05) is 25.6 Å². The lowest BCUT2D eigenvalue weighted by Gasteiger charge is -2.23. The highest BCUT2D eigenvalue weighted by molar-refractivity contribution is 7.90. The number of nitrogens with two attached hydrogens (primary N) is 1. The van der Waals surface area contributed by atoms with Gasteiger partial charge in [0.1, 0.15) is 28.8 Å². The average Bonchev–Trinajstić information content (AvgIpc) is 3.41. The summed E-state index contributed by atoms with van der Waals surface area (Å²) in [6, 6.07) is 2.06. The summed E-state index contributed by atoms with van der Waals surface area (Å²) in [7, 11) is -2.26. The molecule has 0 radical (unpaired) electrons. The number of nitrogens with one attached hydrogen (secondary N) is 2. The Hall–Kier alpha value is -2.50. The van der Waals surface area contributed by atoms with Gasteiger partial charge in [0.05, 0.1) is 6.54 Å². The van der Waals surface area contributed by atoms with E-state index in [9.17, 15) is 13.4 Å². The number of methoxy groups -OCH3 is 1. The number of carbonyl (C=O) groups is 1. The van der Waals surface area contributed by atoms with E-state index in [1.54, 1.807) is 0 Å². The van der Waals surface area contributed by atoms with Crippen LogP contribution in [0.3, 0.4) is 0 Å². The molecule has 11 heteroatoms. The molecule has 166 valence electrons. The minimum atomic E-state index is -3.79. The Bertz CT molecular complexity index is 1190. The molecule has 0 fully saturated rings. The maximum atomic E-state index is 14.2. The molecule has 1 aromatic carbocycles. The smallest absolute Gasteiger partial charge is 0.277 e. The predicted octanol–water partition coefficient (Wildman–Crippen LogP) is 1.75. The molecule has 0 saturated carbocycles. The van der Waals surface area contributed by atoms with E-state index in [1.807, 2.05) is 0 Å². The highest BCUT2D eigenvalue weighted by Crippen LogP contribution is 2.40. The Labute approximate surface area is 179 Å². The number of amides is 1. The van der Waals surface area contributed by atoms with Crippen LogP contribution in [0.15, 0.2) is 11.0 Å². The van der Waals surface area contributed by atoms with Gasteiger partial charge in [-0.25, -0.2) is 23.2 Å². The number of anilines is 1. The molecular formula is C20H24FN5O4S. The predicted molar refractivity (Wildman–Crippen MR) is 111 cm³/mol. The molecule has 1 aromatic heterocycles. The first kappa shape index (κ1) is 20.4. The molecule has 4 N–H and O–H groups in total. The van der Waals surface area contributed by atoms with E-state index in [2.05, 4.69) is 16.5 Å². The van der Waals surface area contributed by atoms with Crippen molar-refractivity contribution in [2.45, 2.75) is 55.8 Å². The minimum absolute atomic E-state index is 0.0493. The van der Waals surface area contributed by atoms with E-state index in [4.69, 9.17) is 19.4 Å². The molecule has 0 bridgehead atoms. The summed E-state index contributed by atoms with van der Waals surface area (Å²) in [6.45, 7) is 0.449. The number of benzene rings is 1. The summed E-state index contributed by atoms with van der Waals surface area (Å²) >= 11 is 0. The van der Waals surface area contributed by atoms with Gasteiger partial charge in [-0.3, -0.25) is 4.79 Å². The molecule has 2 aliphatic carbocycles. The summed E-state index contributed by atoms with van der Waals surface area (Å²) in [5.74, 6) is -0.585. The van der Waals surface area contributed by atoms with Crippen LogP contribution in [0.5, 0.6) is 5.88 Å². The normalized spacial score (nSPS) is 23.5. The summed E-state index contributed by atoms with van der Waals surface area (Å²) in [6.07, 6.45) is 1.98. The zero-order chi connectivity index (χ0) is 21.9. The Morgan fingerprint density at radius 2 is 2.19 bits per heavy atom. The third-order valence-corrected chi connectivity index (χ3v) is 7.18. The number of aromatic nitrogens is 2. The zero-order valence-electron chi connectivity index (χ0n) is 17.1. The molecular weight excluding hydrogens is 425 g/mol. The number of carbonyl (C=O) groups excluding carboxylic acids is 1. The number of rotatable bonds is 4. The van der Waals surface area contributed by atoms with Crippen LogP contribution in [0.1, 0.15) is 39.2 Å². The number of ether oxygens (including phenoxy) is 2. The van der Waals surface area contributed by atoms with Gasteiger partial charge < -0.3 is 14.8 Å². The third-order valence-electron chi connectivity index (χ3n) is 6.20. The molecule has 1 aliphatic heterocycles. The first-order chi connectivity index (χ1) is 14.8. The second kappa shape index (κ2) is 7.28. The van der Waals surface area contributed by atoms with Crippen molar-refractivity contribution in [1.29, 1.82) is 4.78 Å². The van der Waals surface area contributed by atoms with Crippen molar-refractivity contribution in [3.63, 3.8) is 0 Å². The molecule has 2 unspecified atom stereocenters. The summed E-state index contributed by atoms with van der Waals surface area (Å²) in [4.78, 5) is 13.1. The molecule has 3 aliphatic rings. The lowest BCUT2D eigenvalue weighted by molar-refractivity contribution is 0.0165. The van der Waals surface area contributed by atoms with Gasteiger partial charge in [-0.2, -0.15) is 5.10 Å². The van der Waals surface area contributed by atoms with Crippen LogP contribution in [0.25, 0.3) is 0 Å². The van der Waals surface area contributed by atoms with Gasteiger partial charge in [-0.1, -0.05) is 6.07 Å². The summed E-state index contributed by atoms with van der Waals surface area (Å²) in [5.41, 5.74) is 4.28. The van der Waals surface area contributed by atoms with Crippen molar-refractivity contribution in [3.05, 3.63) is 34.0 Å². The molecule has 31 heavy (non-hydrogen) atoms. The van der Waals surface area contributed by atoms with Gasteiger partial charge in [0.2, 0.25) is 5.88 Å². The maximum Gasteiger partial charge on any atom is 0.277 e. The first-order valence-corrected chi connectivity index (χ1v) is 11.8. The molecule has 0 spiro atoms. The standard InChI is InChI=1S/C20H24FN5O4S/c1-29-13-8-26-20(30-9-13)18(31(22,23)28)17(25-26)19(27)24-16-14-4-2-3-10(14)5-11-6-12(21)7-15(11)16/h5,12-13H,2-4,6-9H2,1H3,(H,24,27)(H3,22,23,28)/t12-,13?/m1/s1. The second-order valence-corrected chi connectivity index (χ2v) is 9.88. The number of aryl methyl sites for hydroxylation is 1. The molecule has 0 saturated heterocycles. The Morgan fingerprint density at radius 1 is 1.39 bits per heavy atom. The Morgan fingerprint density at radius 3 is 2.94 bits per heavy atom. The van der Waals surface area contributed by atoms with Crippen molar-refractivity contribution in [2.24, 2.45) is 5.14 Å². The van der Waals surface area contributed by atoms with Crippen molar-refractivity contribution >= 4 is 21.5 Å². The minimum Gasteiger partial charge on any atom is -0.474 e. The topological polar surface area (TPSA) is 132 Å². The van der Waals surface area contributed by atoms with Crippen LogP contribution in [0.4, 0.5) is 10.1 Å². The highest BCUT2D eigenvalue weighted by Gasteiger charge is 2.35. The summed E-state index contributed by atoms with van der Waals surface area (Å²) in [5, 5.41) is 12.8. The molecule has 1 amide bonds. The number of halogens is 1. The van der Waals surface area contributed by atoms with E-state index in [0.29, 0.717) is 12.1 Å². The summed E-state index contributed by atoms with van der Waals surface area (Å²) < 4.78 is 46.8. The van der Waals surface area contributed by atoms with Crippen LogP contribution >= 0.6 is 0 Å². The fraction of sp³-hybridized carbons (Fsp3) is 0.500. The first-order valence-electron chi connectivity index (χ1n) is 10.2. The second-order valence-electron chi connectivity index (χ2n) is 8.27. The number of alkyl halides is 1. The average molecular weight is 450 g/mol. The van der Waals surface area contributed by atoms with Crippen molar-refractivity contribution < 1.29 is 22.9 Å². The monoisotopic (exact) mass is 449 g/mol. The van der Waals surface area contributed by atoms with E-state index in [1.165, 1.54) is 11.8 Å². The van der Waals surface area contributed by atoms with Crippen LogP contribution in [0, 0.1) is 4.78 Å². The molecule has 5 rings (SSSR count). The lowest BCUT2D eigenvalue weighted by Crippen LogP contribution is -2.32. The van der Waals surface area contributed by atoms with Crippen molar-refractivity contribution in [3.8, 4) is 5.88 Å². The fourth-order valence-corrected chi connectivity index (χ4v) is 5.64. The van der Waals surface area contributed by atoms with E-state index in [0.717, 1.165) is 41.5 Å². The van der Waals surface area contributed by atoms with Gasteiger partial charge in [-0.15, -0.1) is 0 Å². The molecule has 3 atom stereocenters. The molecule has 2 aromatic rings. The number of hydrogen-bond acceptors (Lipinski definition) is 6. The molecule has 2 heterocycles. The van der Waals surface area contributed by atoms with E-state index >= 15 is 0 Å². The van der Waals surface area contributed by atoms with Crippen molar-refractivity contribution in [1.82, 2.24) is 9.78 Å². The fourth-order valence-electron chi connectivity index (χ4n) is 4.80. The van der Waals surface area contributed by atoms with Gasteiger partial charge in [0.15, 0.2) is 10.6 Å². The van der Waals surface area contributed by atoms with Gasteiger partial charge >= 0.3 is 0 Å². The molecule has 9 nitrogen and oxygen atoms in total. The SMILES string of the molecule is COC1COc2c(S(=N)(N)=O)c(C(=O)Nc3c4c(cc5c3C[C@H](F)C5)CCC4)nn2C1. The zero-order valence-corrected chi connectivity index (χ0v) is 17.9. The third kappa shape index (κ3) is 3.40. The van der Waals surface area contributed by atoms with Crippen LogP contribution < -0.4 is 15.2 Å². The number of fused-ring (bicyclic) bond motifs is 3. The number of hydrogen-bond donors (Lipinski definition) is 3.